The zero-order valence-electron chi connectivity index (χ0n) is 8.10. The fraction of sp³-hybridized carbons (Fsp3) is 0.300. The molecule has 14 heavy (non-hydrogen) atoms. The van der Waals surface area contributed by atoms with E-state index in [0.29, 0.717) is 13.0 Å². The molecule has 4 heteroatoms. The van der Waals surface area contributed by atoms with Gasteiger partial charge in [-0.05, 0) is 24.6 Å². The number of nitrogens with one attached hydrogen (secondary N) is 2. The standard InChI is InChI=1S/C10H14BrN3/c1-7-2-3-8(6-9(7)11)14-5-4-10(12)13/h2-3,6,14H,4-5H2,1H3,(H3,12,13). The predicted molar refractivity (Wildman–Crippen MR) is 63.9 cm³/mol. The van der Waals surface area contributed by atoms with Gasteiger partial charge in [-0.15, -0.1) is 0 Å². The Morgan fingerprint density at radius 1 is 1.57 bits per heavy atom. The number of rotatable bonds is 4. The summed E-state index contributed by atoms with van der Waals surface area (Å²) in [5.41, 5.74) is 7.50. The van der Waals surface area contributed by atoms with E-state index in [2.05, 4.69) is 21.2 Å². The highest BCUT2D eigenvalue weighted by atomic mass is 79.9. The smallest absolute Gasteiger partial charge is 0.0923 e. The minimum absolute atomic E-state index is 0.212. The van der Waals surface area contributed by atoms with Crippen LogP contribution < -0.4 is 11.1 Å². The highest BCUT2D eigenvalue weighted by molar-refractivity contribution is 9.10. The van der Waals surface area contributed by atoms with Gasteiger partial charge in [-0.1, -0.05) is 22.0 Å². The van der Waals surface area contributed by atoms with Gasteiger partial charge < -0.3 is 11.1 Å². The van der Waals surface area contributed by atoms with Crippen molar-refractivity contribution < 1.29 is 0 Å². The lowest BCUT2D eigenvalue weighted by Crippen LogP contribution is -2.15. The molecule has 3 nitrogen and oxygen atoms in total. The Morgan fingerprint density at radius 3 is 2.86 bits per heavy atom. The lowest BCUT2D eigenvalue weighted by Gasteiger charge is -2.07. The maximum Gasteiger partial charge on any atom is 0.0923 e. The second-order valence-electron chi connectivity index (χ2n) is 3.17. The van der Waals surface area contributed by atoms with Gasteiger partial charge >= 0.3 is 0 Å². The van der Waals surface area contributed by atoms with Crippen LogP contribution in [0.15, 0.2) is 22.7 Å². The normalized spacial score (nSPS) is 9.86. The molecule has 0 fully saturated rings. The third-order valence-corrected chi connectivity index (χ3v) is 2.75. The molecule has 1 rings (SSSR count). The average molecular weight is 256 g/mol. The lowest BCUT2D eigenvalue weighted by molar-refractivity contribution is 1.08. The Hall–Kier alpha value is -1.03. The summed E-state index contributed by atoms with van der Waals surface area (Å²) < 4.78 is 1.09. The van der Waals surface area contributed by atoms with Crippen LogP contribution in [0.5, 0.6) is 0 Å². The van der Waals surface area contributed by atoms with Crippen molar-refractivity contribution in [3.63, 3.8) is 0 Å². The van der Waals surface area contributed by atoms with E-state index in [4.69, 9.17) is 11.1 Å². The van der Waals surface area contributed by atoms with E-state index >= 15 is 0 Å². The van der Waals surface area contributed by atoms with Crippen molar-refractivity contribution >= 4 is 27.5 Å². The fourth-order valence-electron chi connectivity index (χ4n) is 1.04. The molecular formula is C10H14BrN3. The van der Waals surface area contributed by atoms with E-state index in [1.807, 2.05) is 25.1 Å². The Morgan fingerprint density at radius 2 is 2.29 bits per heavy atom. The molecule has 4 N–H and O–H groups in total. The van der Waals surface area contributed by atoms with Crippen molar-refractivity contribution in [2.45, 2.75) is 13.3 Å². The Labute approximate surface area is 92.3 Å². The summed E-state index contributed by atoms with van der Waals surface area (Å²) in [6.07, 6.45) is 0.575. The van der Waals surface area contributed by atoms with Crippen molar-refractivity contribution in [3.8, 4) is 0 Å². The van der Waals surface area contributed by atoms with Crippen molar-refractivity contribution in [1.82, 2.24) is 0 Å². The van der Waals surface area contributed by atoms with Crippen LogP contribution in [-0.4, -0.2) is 12.4 Å². The highest BCUT2D eigenvalue weighted by Gasteiger charge is 1.96. The van der Waals surface area contributed by atoms with Crippen LogP contribution in [0.1, 0.15) is 12.0 Å². The first-order chi connectivity index (χ1) is 6.59. The number of nitrogens with two attached hydrogens (primary N) is 1. The molecule has 0 radical (unpaired) electrons. The fourth-order valence-corrected chi connectivity index (χ4v) is 1.42. The van der Waals surface area contributed by atoms with Gasteiger partial charge in [0.1, 0.15) is 0 Å². The molecule has 0 saturated heterocycles. The monoisotopic (exact) mass is 255 g/mol. The molecule has 1 aromatic rings. The zero-order chi connectivity index (χ0) is 10.6. The number of hydrogen-bond donors (Lipinski definition) is 3. The minimum Gasteiger partial charge on any atom is -0.388 e. The minimum atomic E-state index is 0.212. The van der Waals surface area contributed by atoms with Crippen molar-refractivity contribution in [2.24, 2.45) is 5.73 Å². The van der Waals surface area contributed by atoms with Gasteiger partial charge in [0.25, 0.3) is 0 Å². The van der Waals surface area contributed by atoms with E-state index < -0.39 is 0 Å². The summed E-state index contributed by atoms with van der Waals surface area (Å²) in [5, 5.41) is 10.3. The summed E-state index contributed by atoms with van der Waals surface area (Å²) in [6, 6.07) is 6.08. The first kappa shape index (κ1) is 11.0. The Kier molecular flexibility index (Phi) is 3.95. The average Bonchev–Trinajstić information content (AvgIpc) is 2.10. The number of amidine groups is 1. The van der Waals surface area contributed by atoms with E-state index in [0.717, 1.165) is 10.2 Å². The van der Waals surface area contributed by atoms with Gasteiger partial charge in [0.05, 0.1) is 5.84 Å². The van der Waals surface area contributed by atoms with E-state index in [-0.39, 0.29) is 5.84 Å². The number of hydrogen-bond acceptors (Lipinski definition) is 2. The van der Waals surface area contributed by atoms with Crippen LogP contribution in [0, 0.1) is 12.3 Å². The maximum absolute atomic E-state index is 7.07. The van der Waals surface area contributed by atoms with Crippen molar-refractivity contribution in [3.05, 3.63) is 28.2 Å². The van der Waals surface area contributed by atoms with Crippen LogP contribution in [0.4, 0.5) is 5.69 Å². The number of anilines is 1. The summed E-state index contributed by atoms with van der Waals surface area (Å²) >= 11 is 3.46. The Balaban J connectivity index is 2.51. The van der Waals surface area contributed by atoms with Gasteiger partial charge in [-0.25, -0.2) is 0 Å². The van der Waals surface area contributed by atoms with Crippen molar-refractivity contribution in [2.75, 3.05) is 11.9 Å². The number of halogens is 1. The molecule has 0 unspecified atom stereocenters. The molecule has 0 spiro atoms. The Bertz CT molecular complexity index is 336. The molecule has 0 aromatic heterocycles. The maximum atomic E-state index is 7.07. The topological polar surface area (TPSA) is 61.9 Å². The zero-order valence-corrected chi connectivity index (χ0v) is 9.69. The summed E-state index contributed by atoms with van der Waals surface area (Å²) in [5.74, 6) is 0.212. The lowest BCUT2D eigenvalue weighted by atomic mass is 10.2. The largest absolute Gasteiger partial charge is 0.388 e. The van der Waals surface area contributed by atoms with Crippen LogP contribution in [0.2, 0.25) is 0 Å². The molecule has 0 aliphatic rings. The molecule has 0 bridgehead atoms. The van der Waals surface area contributed by atoms with Crippen LogP contribution in [0.25, 0.3) is 0 Å². The second kappa shape index (κ2) is 5.00. The van der Waals surface area contributed by atoms with Crippen LogP contribution in [0.3, 0.4) is 0 Å². The third kappa shape index (κ3) is 3.38. The molecule has 0 saturated carbocycles. The molecule has 0 amide bonds. The number of benzene rings is 1. The van der Waals surface area contributed by atoms with Gasteiger partial charge in [-0.3, -0.25) is 5.41 Å². The molecule has 1 aromatic carbocycles. The molecule has 76 valence electrons. The predicted octanol–water partition coefficient (Wildman–Crippen LogP) is 2.50. The third-order valence-electron chi connectivity index (χ3n) is 1.90. The first-order valence-corrected chi connectivity index (χ1v) is 5.22. The molecule has 0 aliphatic heterocycles. The van der Waals surface area contributed by atoms with E-state index in [1.54, 1.807) is 0 Å². The molecule has 0 aliphatic carbocycles. The second-order valence-corrected chi connectivity index (χ2v) is 4.02. The number of aryl methyl sites for hydroxylation is 1. The van der Waals surface area contributed by atoms with E-state index in [9.17, 15) is 0 Å². The quantitative estimate of drug-likeness (QED) is 0.572. The molecule has 0 atom stereocenters. The van der Waals surface area contributed by atoms with E-state index in [1.165, 1.54) is 5.56 Å². The molecule has 0 heterocycles. The van der Waals surface area contributed by atoms with Gasteiger partial charge in [0.2, 0.25) is 0 Å². The van der Waals surface area contributed by atoms with Crippen molar-refractivity contribution in [1.29, 1.82) is 5.41 Å². The summed E-state index contributed by atoms with van der Waals surface area (Å²) in [6.45, 7) is 2.74. The molecular weight excluding hydrogens is 242 g/mol. The summed E-state index contributed by atoms with van der Waals surface area (Å²) in [4.78, 5) is 0. The summed E-state index contributed by atoms with van der Waals surface area (Å²) in [7, 11) is 0. The van der Waals surface area contributed by atoms with Gasteiger partial charge in [0, 0.05) is 23.1 Å². The highest BCUT2D eigenvalue weighted by Crippen LogP contribution is 2.20. The SMILES string of the molecule is Cc1ccc(NCCC(=N)N)cc1Br. The first-order valence-electron chi connectivity index (χ1n) is 4.42. The van der Waals surface area contributed by atoms with Gasteiger partial charge in [0.15, 0.2) is 0 Å². The van der Waals surface area contributed by atoms with Crippen LogP contribution in [-0.2, 0) is 0 Å². The van der Waals surface area contributed by atoms with Gasteiger partial charge in [-0.2, -0.15) is 0 Å². The van der Waals surface area contributed by atoms with Crippen LogP contribution >= 0.6 is 15.9 Å².